The van der Waals surface area contributed by atoms with Gasteiger partial charge in [0.05, 0.1) is 30.0 Å². The molecule has 1 aromatic heterocycles. The summed E-state index contributed by atoms with van der Waals surface area (Å²) in [7, 11) is 2.04. The Labute approximate surface area is 255 Å². The van der Waals surface area contributed by atoms with Gasteiger partial charge in [-0.05, 0) is 55.8 Å². The number of nitrogens with one attached hydrogen (secondary N) is 1. The molecule has 1 amide bonds. The summed E-state index contributed by atoms with van der Waals surface area (Å²) in [5, 5.41) is 4.88. The fraction of sp³-hybridized carbons (Fsp3) is 0.367. The topological polar surface area (TPSA) is 126 Å². The zero-order valence-corrected chi connectivity index (χ0v) is 25.1. The predicted molar refractivity (Wildman–Crippen MR) is 168 cm³/mol. The highest BCUT2D eigenvalue weighted by molar-refractivity contribution is 6.31. The van der Waals surface area contributed by atoms with E-state index in [0.717, 1.165) is 50.0 Å². The molecule has 1 saturated heterocycles. The van der Waals surface area contributed by atoms with Crippen molar-refractivity contribution < 1.29 is 4.79 Å². The Morgan fingerprint density at radius 1 is 1.10 bits per heavy atom. The minimum Gasteiger partial charge on any atom is -0.388 e. The second-order valence-electron chi connectivity index (χ2n) is 10.8. The van der Waals surface area contributed by atoms with Crippen molar-refractivity contribution in [3.8, 4) is 11.3 Å². The van der Waals surface area contributed by atoms with Crippen LogP contribution in [0.1, 0.15) is 37.3 Å². The summed E-state index contributed by atoms with van der Waals surface area (Å²) in [6.07, 6.45) is 6.40. The normalized spacial score (nSPS) is 20.5. The van der Waals surface area contributed by atoms with Gasteiger partial charge in [0.15, 0.2) is 0 Å². The maximum Gasteiger partial charge on any atom is 0.254 e. The van der Waals surface area contributed by atoms with Crippen LogP contribution in [0.2, 0.25) is 5.02 Å². The first-order valence-corrected chi connectivity index (χ1v) is 14.8. The number of anilines is 2. The number of rotatable bonds is 4. The van der Waals surface area contributed by atoms with Gasteiger partial charge >= 0.3 is 0 Å². The van der Waals surface area contributed by atoms with Crippen LogP contribution in [0.5, 0.6) is 0 Å². The number of benzene rings is 2. The van der Waals surface area contributed by atoms with E-state index in [1.165, 1.54) is 17.3 Å². The van der Waals surface area contributed by atoms with E-state index in [1.54, 1.807) is 29.1 Å². The smallest absolute Gasteiger partial charge is 0.254 e. The van der Waals surface area contributed by atoms with E-state index in [4.69, 9.17) is 34.8 Å². The largest absolute Gasteiger partial charge is 0.388 e. The highest BCUT2D eigenvalue weighted by atomic mass is 35.5. The molecule has 2 bridgehead atoms. The van der Waals surface area contributed by atoms with Crippen LogP contribution in [0.15, 0.2) is 71.0 Å². The van der Waals surface area contributed by atoms with Crippen molar-refractivity contribution in [1.82, 2.24) is 19.8 Å². The summed E-state index contributed by atoms with van der Waals surface area (Å²) in [4.78, 5) is 35.9. The first kappa shape index (κ1) is 29.9. The summed E-state index contributed by atoms with van der Waals surface area (Å²) >= 11 is 12.1. The number of halogens is 2. The van der Waals surface area contributed by atoms with Crippen molar-refractivity contribution in [2.75, 3.05) is 43.1 Å². The Bertz CT molecular complexity index is 1520. The lowest BCUT2D eigenvalue weighted by Gasteiger charge is -2.40. The Hall–Kier alpha value is -3.57. The van der Waals surface area contributed by atoms with Crippen LogP contribution in [-0.4, -0.2) is 59.6 Å². The van der Waals surface area contributed by atoms with Crippen molar-refractivity contribution in [3.05, 3.63) is 87.2 Å². The van der Waals surface area contributed by atoms with Crippen molar-refractivity contribution in [2.45, 2.75) is 37.8 Å². The average molecular weight is 612 g/mol. The molecular formula is C30H36Cl2N8O2. The number of piperazine rings is 1. The van der Waals surface area contributed by atoms with Crippen molar-refractivity contribution in [3.63, 3.8) is 0 Å². The predicted octanol–water partition coefficient (Wildman–Crippen LogP) is 3.64. The molecule has 2 aliphatic rings. The number of likely N-dealkylation sites (N-methyl/N-ethyl adjacent to an activating group) is 1. The van der Waals surface area contributed by atoms with Crippen LogP contribution < -0.4 is 32.4 Å². The SMILES string of the molecule is CN1CCN2c3cccc(c3)C(n3cnc(-c4cc(Cl)ccc4N(N)/C=C(\N)Cl)cc3=O)CCCCCNC(=O)[C@H]2C1. The molecule has 5 N–H and O–H groups in total. The van der Waals surface area contributed by atoms with E-state index < -0.39 is 0 Å². The molecule has 3 heterocycles. The highest BCUT2D eigenvalue weighted by Gasteiger charge is 2.32. The van der Waals surface area contributed by atoms with Gasteiger partial charge in [0.1, 0.15) is 11.2 Å². The second-order valence-corrected chi connectivity index (χ2v) is 11.7. The summed E-state index contributed by atoms with van der Waals surface area (Å²) < 4.78 is 1.69. The van der Waals surface area contributed by atoms with Gasteiger partial charge in [-0.2, -0.15) is 0 Å². The van der Waals surface area contributed by atoms with Gasteiger partial charge in [-0.1, -0.05) is 48.2 Å². The molecule has 0 saturated carbocycles. The highest BCUT2D eigenvalue weighted by Crippen LogP contribution is 2.33. The Morgan fingerprint density at radius 3 is 2.71 bits per heavy atom. The van der Waals surface area contributed by atoms with Crippen molar-refractivity contribution in [2.24, 2.45) is 11.6 Å². The third-order valence-corrected chi connectivity index (χ3v) is 8.21. The van der Waals surface area contributed by atoms with Crippen LogP contribution in [0, 0.1) is 0 Å². The Kier molecular flexibility index (Phi) is 9.37. The number of carbonyl (C=O) groups is 1. The number of aromatic nitrogens is 2. The van der Waals surface area contributed by atoms with Crippen molar-refractivity contribution >= 4 is 40.5 Å². The number of nitrogens with zero attached hydrogens (tertiary/aromatic N) is 5. The lowest BCUT2D eigenvalue weighted by Crippen LogP contribution is -2.58. The van der Waals surface area contributed by atoms with E-state index in [1.807, 2.05) is 25.2 Å². The minimum atomic E-state index is -0.278. The number of amides is 1. The zero-order chi connectivity index (χ0) is 29.8. The maximum absolute atomic E-state index is 13.7. The molecule has 1 unspecified atom stereocenters. The van der Waals surface area contributed by atoms with Gasteiger partial charge in [-0.15, -0.1) is 0 Å². The van der Waals surface area contributed by atoms with Crippen LogP contribution in [0.25, 0.3) is 11.3 Å². The molecule has 2 atom stereocenters. The van der Waals surface area contributed by atoms with Crippen LogP contribution in [-0.2, 0) is 4.79 Å². The van der Waals surface area contributed by atoms with Crippen molar-refractivity contribution in [1.29, 1.82) is 0 Å². The number of carbonyl (C=O) groups excluding carboxylic acids is 1. The molecule has 0 aliphatic carbocycles. The van der Waals surface area contributed by atoms with Gasteiger partial charge in [-0.3, -0.25) is 19.2 Å². The van der Waals surface area contributed by atoms with Crippen LogP contribution >= 0.6 is 23.2 Å². The molecule has 5 rings (SSSR count). The summed E-state index contributed by atoms with van der Waals surface area (Å²) in [6.45, 7) is 2.89. The molecule has 10 nitrogen and oxygen atoms in total. The molecule has 2 aromatic carbocycles. The zero-order valence-electron chi connectivity index (χ0n) is 23.5. The molecule has 0 spiro atoms. The second kappa shape index (κ2) is 13.2. The molecule has 3 aromatic rings. The van der Waals surface area contributed by atoms with Gasteiger partial charge in [-0.25, -0.2) is 10.8 Å². The van der Waals surface area contributed by atoms with Gasteiger partial charge in [0, 0.05) is 48.5 Å². The van der Waals surface area contributed by atoms with Gasteiger partial charge in [0.25, 0.3) is 5.56 Å². The molecule has 0 radical (unpaired) electrons. The van der Waals surface area contributed by atoms with E-state index in [9.17, 15) is 9.59 Å². The van der Waals surface area contributed by atoms with Crippen LogP contribution in [0.4, 0.5) is 11.4 Å². The van der Waals surface area contributed by atoms with Crippen LogP contribution in [0.3, 0.4) is 0 Å². The van der Waals surface area contributed by atoms with E-state index >= 15 is 0 Å². The fourth-order valence-electron chi connectivity index (χ4n) is 5.73. The standard InChI is InChI=1S/C30H36Cl2N8O2/c1-37-12-13-38-22-7-5-6-20(14-22)25(8-3-2-4-11-35-30(42)27(38)17-37)39-19-36-24(16-29(39)41)23-15-21(31)9-10-26(23)40(34)18-28(32)33/h5-7,9-10,14-16,18-19,25,27H,2-4,8,11-13,17,33-34H2,1H3,(H,35,42)/b28-18-/t25?,27-/m1/s1. The third-order valence-electron chi connectivity index (χ3n) is 7.87. The quantitative estimate of drug-likeness (QED) is 0.232. The minimum absolute atomic E-state index is 0.00487. The molecule has 1 fully saturated rings. The van der Waals surface area contributed by atoms with E-state index in [2.05, 4.69) is 26.2 Å². The number of hydrogen-bond acceptors (Lipinski definition) is 8. The monoisotopic (exact) mass is 610 g/mol. The lowest BCUT2D eigenvalue weighted by atomic mass is 9.98. The first-order chi connectivity index (χ1) is 20.2. The van der Waals surface area contributed by atoms with Gasteiger partial charge in [0.2, 0.25) is 5.91 Å². The fourth-order valence-corrected chi connectivity index (χ4v) is 6.01. The summed E-state index contributed by atoms with van der Waals surface area (Å²) in [5.41, 5.74) is 8.91. The molecule has 2 aliphatic heterocycles. The summed E-state index contributed by atoms with van der Waals surface area (Å²) in [6, 6.07) is 14.3. The first-order valence-electron chi connectivity index (χ1n) is 14.1. The molecular weight excluding hydrogens is 575 g/mol. The Morgan fingerprint density at radius 2 is 1.93 bits per heavy atom. The molecule has 42 heavy (non-hydrogen) atoms. The molecule has 222 valence electrons. The number of nitrogens with two attached hydrogens (primary N) is 2. The van der Waals surface area contributed by atoms with E-state index in [-0.39, 0.29) is 28.7 Å². The third kappa shape index (κ3) is 6.73. The molecule has 12 heteroatoms. The maximum atomic E-state index is 13.7. The number of fused-ring (bicyclic) bond motifs is 4. The number of hydrazine groups is 1. The Balaban J connectivity index is 1.53. The van der Waals surface area contributed by atoms with Gasteiger partial charge < -0.3 is 20.9 Å². The number of hydrogen-bond donors (Lipinski definition) is 3. The van der Waals surface area contributed by atoms with E-state index in [0.29, 0.717) is 35.1 Å². The summed E-state index contributed by atoms with van der Waals surface area (Å²) in [5.74, 6) is 6.22. The lowest BCUT2D eigenvalue weighted by molar-refractivity contribution is -0.123. The average Bonchev–Trinajstić information content (AvgIpc) is 2.96.